The molecule has 2 fully saturated rings. The molecule has 0 aromatic carbocycles. The SMILES string of the molecule is CCc1nn(CC)c(CC2(N)CCOC2C2CC2)c1Br. The largest absolute Gasteiger partial charge is 0.376 e. The molecular formula is C15H24BrN3O. The second-order valence-electron chi connectivity index (χ2n) is 6.17. The third-order valence-corrected chi connectivity index (χ3v) is 5.59. The van der Waals surface area contributed by atoms with Crippen LogP contribution in [0.3, 0.4) is 0 Å². The van der Waals surface area contributed by atoms with E-state index in [0.29, 0.717) is 5.92 Å². The molecule has 1 aliphatic heterocycles. The van der Waals surface area contributed by atoms with E-state index in [1.165, 1.54) is 18.5 Å². The lowest BCUT2D eigenvalue weighted by Gasteiger charge is -2.30. The number of rotatable bonds is 5. The Labute approximate surface area is 129 Å². The third-order valence-electron chi connectivity index (χ3n) is 4.67. The van der Waals surface area contributed by atoms with E-state index in [9.17, 15) is 0 Å². The minimum Gasteiger partial charge on any atom is -0.376 e. The van der Waals surface area contributed by atoms with E-state index in [1.54, 1.807) is 0 Å². The number of aryl methyl sites for hydroxylation is 2. The van der Waals surface area contributed by atoms with Gasteiger partial charge in [0.25, 0.3) is 0 Å². The summed E-state index contributed by atoms with van der Waals surface area (Å²) in [7, 11) is 0. The van der Waals surface area contributed by atoms with Gasteiger partial charge in [-0.15, -0.1) is 0 Å². The lowest BCUT2D eigenvalue weighted by atomic mass is 9.85. The van der Waals surface area contributed by atoms with Gasteiger partial charge in [0.2, 0.25) is 0 Å². The average molecular weight is 342 g/mol. The first-order valence-electron chi connectivity index (χ1n) is 7.73. The molecule has 1 saturated carbocycles. The van der Waals surface area contributed by atoms with Gasteiger partial charge >= 0.3 is 0 Å². The van der Waals surface area contributed by atoms with Crippen LogP contribution in [-0.4, -0.2) is 28.0 Å². The lowest BCUT2D eigenvalue weighted by molar-refractivity contribution is 0.0621. The van der Waals surface area contributed by atoms with Crippen molar-refractivity contribution in [3.63, 3.8) is 0 Å². The molecule has 2 aliphatic rings. The molecule has 1 aromatic heterocycles. The predicted molar refractivity (Wildman–Crippen MR) is 82.7 cm³/mol. The Bertz CT molecular complexity index is 498. The number of nitrogens with two attached hydrogens (primary N) is 1. The highest BCUT2D eigenvalue weighted by Gasteiger charge is 2.49. The quantitative estimate of drug-likeness (QED) is 0.895. The van der Waals surface area contributed by atoms with Crippen LogP contribution in [0.25, 0.3) is 0 Å². The molecule has 0 radical (unpaired) electrons. The zero-order valence-corrected chi connectivity index (χ0v) is 13.9. The van der Waals surface area contributed by atoms with Crippen LogP contribution in [0.4, 0.5) is 0 Å². The Kier molecular flexibility index (Phi) is 3.95. The monoisotopic (exact) mass is 341 g/mol. The average Bonchev–Trinajstić information content (AvgIpc) is 3.14. The minimum atomic E-state index is -0.221. The number of hydrogen-bond donors (Lipinski definition) is 1. The summed E-state index contributed by atoms with van der Waals surface area (Å²) in [5.74, 6) is 0.685. The standard InChI is InChI=1S/C15H24BrN3O/c1-3-11-13(16)12(19(4-2)18-11)9-15(17)7-8-20-14(15)10-5-6-10/h10,14H,3-9,17H2,1-2H3. The molecule has 2 N–H and O–H groups in total. The van der Waals surface area contributed by atoms with Gasteiger partial charge in [-0.1, -0.05) is 6.92 Å². The van der Waals surface area contributed by atoms with Gasteiger partial charge in [-0.2, -0.15) is 5.10 Å². The van der Waals surface area contributed by atoms with Crippen molar-refractivity contribution < 1.29 is 4.74 Å². The molecule has 2 atom stereocenters. The lowest BCUT2D eigenvalue weighted by Crippen LogP contribution is -2.50. The number of aromatic nitrogens is 2. The highest BCUT2D eigenvalue weighted by Crippen LogP contribution is 2.44. The van der Waals surface area contributed by atoms with E-state index in [0.717, 1.165) is 42.6 Å². The number of nitrogens with zero attached hydrogens (tertiary/aromatic N) is 2. The van der Waals surface area contributed by atoms with Crippen molar-refractivity contribution in [2.45, 2.75) is 64.1 Å². The molecule has 20 heavy (non-hydrogen) atoms. The van der Waals surface area contributed by atoms with Crippen LogP contribution >= 0.6 is 15.9 Å². The summed E-state index contributed by atoms with van der Waals surface area (Å²) in [6, 6.07) is 0. The van der Waals surface area contributed by atoms with Gasteiger partial charge < -0.3 is 10.5 Å². The van der Waals surface area contributed by atoms with E-state index >= 15 is 0 Å². The maximum absolute atomic E-state index is 6.73. The van der Waals surface area contributed by atoms with Crippen molar-refractivity contribution in [1.29, 1.82) is 0 Å². The fraction of sp³-hybridized carbons (Fsp3) is 0.800. The Balaban J connectivity index is 1.88. The summed E-state index contributed by atoms with van der Waals surface area (Å²) in [6.07, 6.45) is 5.54. The zero-order chi connectivity index (χ0) is 14.3. The van der Waals surface area contributed by atoms with Crippen LogP contribution in [0.1, 0.15) is 44.5 Å². The van der Waals surface area contributed by atoms with E-state index in [1.807, 2.05) is 0 Å². The van der Waals surface area contributed by atoms with Gasteiger partial charge in [0.05, 0.1) is 27.5 Å². The highest BCUT2D eigenvalue weighted by molar-refractivity contribution is 9.10. The van der Waals surface area contributed by atoms with Gasteiger partial charge in [0, 0.05) is 19.6 Å². The van der Waals surface area contributed by atoms with Crippen LogP contribution in [0.2, 0.25) is 0 Å². The molecule has 3 rings (SSSR count). The van der Waals surface area contributed by atoms with Crippen molar-refractivity contribution in [2.24, 2.45) is 11.7 Å². The summed E-state index contributed by atoms with van der Waals surface area (Å²) < 4.78 is 9.18. The van der Waals surface area contributed by atoms with E-state index in [2.05, 4.69) is 39.6 Å². The predicted octanol–water partition coefficient (Wildman–Crippen LogP) is 2.67. The molecule has 1 aliphatic carbocycles. The molecule has 2 heterocycles. The topological polar surface area (TPSA) is 53.1 Å². The summed E-state index contributed by atoms with van der Waals surface area (Å²) in [4.78, 5) is 0. The maximum atomic E-state index is 6.73. The van der Waals surface area contributed by atoms with E-state index in [4.69, 9.17) is 10.5 Å². The van der Waals surface area contributed by atoms with Crippen molar-refractivity contribution in [2.75, 3.05) is 6.61 Å². The summed E-state index contributed by atoms with van der Waals surface area (Å²) in [5.41, 5.74) is 8.88. The third kappa shape index (κ3) is 2.44. The molecular weight excluding hydrogens is 318 g/mol. The fourth-order valence-corrected chi connectivity index (χ4v) is 4.08. The smallest absolute Gasteiger partial charge is 0.0787 e. The fourth-order valence-electron chi connectivity index (χ4n) is 3.38. The Hall–Kier alpha value is -0.390. The van der Waals surface area contributed by atoms with Gasteiger partial charge in [0.15, 0.2) is 0 Å². The number of ether oxygens (including phenoxy) is 1. The Morgan fingerprint density at radius 3 is 2.80 bits per heavy atom. The van der Waals surface area contributed by atoms with Crippen LogP contribution in [0, 0.1) is 5.92 Å². The Morgan fingerprint density at radius 2 is 2.20 bits per heavy atom. The maximum Gasteiger partial charge on any atom is 0.0787 e. The van der Waals surface area contributed by atoms with E-state index in [-0.39, 0.29) is 11.6 Å². The molecule has 112 valence electrons. The normalized spacial score (nSPS) is 30.1. The van der Waals surface area contributed by atoms with Crippen LogP contribution in [0.5, 0.6) is 0 Å². The highest BCUT2D eigenvalue weighted by atomic mass is 79.9. The first-order valence-corrected chi connectivity index (χ1v) is 8.53. The van der Waals surface area contributed by atoms with Crippen LogP contribution in [0.15, 0.2) is 4.47 Å². The molecule has 0 amide bonds. The molecule has 0 spiro atoms. The summed E-state index contributed by atoms with van der Waals surface area (Å²) >= 11 is 3.73. The molecule has 1 aromatic rings. The summed E-state index contributed by atoms with van der Waals surface area (Å²) in [5, 5.41) is 4.68. The van der Waals surface area contributed by atoms with Gasteiger partial charge in [-0.3, -0.25) is 4.68 Å². The van der Waals surface area contributed by atoms with Gasteiger partial charge in [0.1, 0.15) is 0 Å². The second-order valence-corrected chi connectivity index (χ2v) is 6.96. The second kappa shape index (κ2) is 5.43. The Morgan fingerprint density at radius 1 is 1.45 bits per heavy atom. The molecule has 2 unspecified atom stereocenters. The number of halogens is 1. The minimum absolute atomic E-state index is 0.221. The zero-order valence-electron chi connectivity index (χ0n) is 12.4. The van der Waals surface area contributed by atoms with Crippen molar-refractivity contribution in [3.8, 4) is 0 Å². The van der Waals surface area contributed by atoms with Crippen molar-refractivity contribution in [3.05, 3.63) is 15.9 Å². The van der Waals surface area contributed by atoms with E-state index < -0.39 is 0 Å². The van der Waals surface area contributed by atoms with Crippen molar-refractivity contribution in [1.82, 2.24) is 9.78 Å². The van der Waals surface area contributed by atoms with Gasteiger partial charge in [-0.25, -0.2) is 0 Å². The number of hydrogen-bond acceptors (Lipinski definition) is 3. The molecule has 5 heteroatoms. The first kappa shape index (κ1) is 14.5. The molecule has 4 nitrogen and oxygen atoms in total. The summed E-state index contributed by atoms with van der Waals surface area (Å²) in [6.45, 7) is 5.96. The van der Waals surface area contributed by atoms with Gasteiger partial charge in [-0.05, 0) is 54.5 Å². The first-order chi connectivity index (χ1) is 9.59. The van der Waals surface area contributed by atoms with Crippen LogP contribution < -0.4 is 5.73 Å². The van der Waals surface area contributed by atoms with Crippen LogP contribution in [-0.2, 0) is 24.1 Å². The molecule has 0 bridgehead atoms. The molecule has 1 saturated heterocycles. The van der Waals surface area contributed by atoms with Crippen molar-refractivity contribution >= 4 is 15.9 Å².